The van der Waals surface area contributed by atoms with Crippen molar-refractivity contribution >= 4 is 17.6 Å². The number of rotatable bonds is 5. The molecule has 1 N–H and O–H groups in total. The van der Waals surface area contributed by atoms with E-state index < -0.39 is 11.8 Å². The SMILES string of the molecule is CC(C)Cc1cc(C(=O)O)n(Cc2ccc(Cl)c(F)c2)c1. The van der Waals surface area contributed by atoms with Crippen LogP contribution in [0, 0.1) is 11.7 Å². The summed E-state index contributed by atoms with van der Waals surface area (Å²) in [6.07, 6.45) is 2.62. The van der Waals surface area contributed by atoms with Crippen molar-refractivity contribution in [1.82, 2.24) is 4.57 Å². The van der Waals surface area contributed by atoms with Crippen LogP contribution in [0.1, 0.15) is 35.5 Å². The highest BCUT2D eigenvalue weighted by Gasteiger charge is 2.14. The van der Waals surface area contributed by atoms with Gasteiger partial charge in [0.15, 0.2) is 0 Å². The molecule has 2 aromatic rings. The molecule has 0 amide bonds. The van der Waals surface area contributed by atoms with Crippen LogP contribution in [0.3, 0.4) is 0 Å². The third-order valence-corrected chi connectivity index (χ3v) is 3.46. The van der Waals surface area contributed by atoms with Crippen LogP contribution >= 0.6 is 11.6 Å². The fraction of sp³-hybridized carbons (Fsp3) is 0.312. The lowest BCUT2D eigenvalue weighted by molar-refractivity contribution is 0.0685. The number of benzene rings is 1. The zero-order valence-electron chi connectivity index (χ0n) is 11.9. The molecule has 0 fully saturated rings. The van der Waals surface area contributed by atoms with Gasteiger partial charge in [0.25, 0.3) is 0 Å². The minimum Gasteiger partial charge on any atom is -0.477 e. The van der Waals surface area contributed by atoms with Crippen LogP contribution < -0.4 is 0 Å². The van der Waals surface area contributed by atoms with Gasteiger partial charge in [-0.05, 0) is 41.7 Å². The van der Waals surface area contributed by atoms with E-state index >= 15 is 0 Å². The van der Waals surface area contributed by atoms with Crippen molar-refractivity contribution in [2.45, 2.75) is 26.8 Å². The average molecular weight is 310 g/mol. The van der Waals surface area contributed by atoms with Crippen molar-refractivity contribution in [3.63, 3.8) is 0 Å². The van der Waals surface area contributed by atoms with E-state index in [-0.39, 0.29) is 10.7 Å². The first-order valence-electron chi connectivity index (χ1n) is 6.73. The van der Waals surface area contributed by atoms with Crippen LogP contribution in [0.4, 0.5) is 4.39 Å². The van der Waals surface area contributed by atoms with Crippen molar-refractivity contribution in [3.8, 4) is 0 Å². The normalized spacial score (nSPS) is 11.1. The highest BCUT2D eigenvalue weighted by molar-refractivity contribution is 6.30. The topological polar surface area (TPSA) is 42.2 Å². The maximum Gasteiger partial charge on any atom is 0.352 e. The number of hydrogen-bond acceptors (Lipinski definition) is 1. The molecule has 0 spiro atoms. The Labute approximate surface area is 128 Å². The Morgan fingerprint density at radius 3 is 2.62 bits per heavy atom. The molecule has 1 aromatic carbocycles. The van der Waals surface area contributed by atoms with Crippen LogP contribution in [-0.2, 0) is 13.0 Å². The lowest BCUT2D eigenvalue weighted by Crippen LogP contribution is -2.08. The Kier molecular flexibility index (Phi) is 4.68. The number of carbonyl (C=O) groups is 1. The highest BCUT2D eigenvalue weighted by Crippen LogP contribution is 2.19. The molecule has 2 rings (SSSR count). The predicted octanol–water partition coefficient (Wildman–Crippen LogP) is 4.23. The van der Waals surface area contributed by atoms with E-state index in [0.717, 1.165) is 12.0 Å². The molecule has 1 heterocycles. The molecule has 0 saturated carbocycles. The summed E-state index contributed by atoms with van der Waals surface area (Å²) < 4.78 is 15.1. The van der Waals surface area contributed by atoms with Gasteiger partial charge >= 0.3 is 5.97 Å². The standard InChI is InChI=1S/C16H17ClFNO2/c1-10(2)5-12-7-15(16(20)21)19(9-12)8-11-3-4-13(17)14(18)6-11/h3-4,6-7,9-10H,5,8H2,1-2H3,(H,20,21). The van der Waals surface area contributed by atoms with E-state index in [2.05, 4.69) is 13.8 Å². The summed E-state index contributed by atoms with van der Waals surface area (Å²) >= 11 is 5.65. The first-order chi connectivity index (χ1) is 9.86. The molecule has 1 aromatic heterocycles. The minimum absolute atomic E-state index is 0.0604. The van der Waals surface area contributed by atoms with Gasteiger partial charge < -0.3 is 9.67 Å². The van der Waals surface area contributed by atoms with Gasteiger partial charge in [0.1, 0.15) is 11.5 Å². The molecular formula is C16H17ClFNO2. The Morgan fingerprint density at radius 1 is 1.33 bits per heavy atom. The van der Waals surface area contributed by atoms with Crippen LogP contribution in [0.25, 0.3) is 0 Å². The smallest absolute Gasteiger partial charge is 0.352 e. The van der Waals surface area contributed by atoms with E-state index in [9.17, 15) is 14.3 Å². The summed E-state index contributed by atoms with van der Waals surface area (Å²) in [5.74, 6) is -1.05. The van der Waals surface area contributed by atoms with E-state index in [0.29, 0.717) is 18.0 Å². The van der Waals surface area contributed by atoms with E-state index in [4.69, 9.17) is 11.6 Å². The number of aromatic carboxylic acids is 1. The predicted molar refractivity (Wildman–Crippen MR) is 80.4 cm³/mol. The summed E-state index contributed by atoms with van der Waals surface area (Å²) in [6, 6.07) is 6.18. The summed E-state index contributed by atoms with van der Waals surface area (Å²) in [6.45, 7) is 4.45. The number of carboxylic acids is 1. The minimum atomic E-state index is -0.987. The molecule has 0 aliphatic rings. The van der Waals surface area contributed by atoms with Gasteiger partial charge in [-0.15, -0.1) is 0 Å². The molecule has 3 nitrogen and oxygen atoms in total. The van der Waals surface area contributed by atoms with Crippen LogP contribution in [0.5, 0.6) is 0 Å². The number of halogens is 2. The monoisotopic (exact) mass is 309 g/mol. The molecule has 0 bridgehead atoms. The van der Waals surface area contributed by atoms with Crippen molar-refractivity contribution in [3.05, 3.63) is 58.1 Å². The zero-order valence-corrected chi connectivity index (χ0v) is 12.7. The highest BCUT2D eigenvalue weighted by atomic mass is 35.5. The van der Waals surface area contributed by atoms with Crippen molar-refractivity contribution in [2.24, 2.45) is 5.92 Å². The molecule has 0 saturated heterocycles. The second-order valence-corrected chi connectivity index (χ2v) is 5.92. The summed E-state index contributed by atoms with van der Waals surface area (Å²) in [5.41, 5.74) is 1.85. The molecular weight excluding hydrogens is 293 g/mol. The molecule has 5 heteroatoms. The van der Waals surface area contributed by atoms with Gasteiger partial charge in [0.05, 0.1) is 5.02 Å². The fourth-order valence-electron chi connectivity index (χ4n) is 2.30. The lowest BCUT2D eigenvalue weighted by atomic mass is 10.1. The molecule has 21 heavy (non-hydrogen) atoms. The van der Waals surface area contributed by atoms with Crippen molar-refractivity contribution < 1.29 is 14.3 Å². The Bertz CT molecular complexity index is 664. The largest absolute Gasteiger partial charge is 0.477 e. The van der Waals surface area contributed by atoms with Crippen molar-refractivity contribution in [1.29, 1.82) is 0 Å². The second-order valence-electron chi connectivity index (χ2n) is 5.51. The molecule has 0 aliphatic heterocycles. The quantitative estimate of drug-likeness (QED) is 0.898. The first-order valence-corrected chi connectivity index (χ1v) is 7.11. The van der Waals surface area contributed by atoms with Crippen LogP contribution in [0.2, 0.25) is 5.02 Å². The van der Waals surface area contributed by atoms with Gasteiger partial charge in [-0.2, -0.15) is 0 Å². The second kappa shape index (κ2) is 6.31. The molecule has 0 aliphatic carbocycles. The van der Waals surface area contributed by atoms with E-state index in [1.165, 1.54) is 12.1 Å². The van der Waals surface area contributed by atoms with Crippen molar-refractivity contribution in [2.75, 3.05) is 0 Å². The van der Waals surface area contributed by atoms with Gasteiger partial charge in [0, 0.05) is 12.7 Å². The molecule has 0 unspecified atom stereocenters. The number of carboxylic acid groups (broad SMARTS) is 1. The number of aromatic nitrogens is 1. The Balaban J connectivity index is 2.31. The Hall–Kier alpha value is -1.81. The maximum atomic E-state index is 13.5. The summed E-state index contributed by atoms with van der Waals surface area (Å²) in [7, 11) is 0. The maximum absolute atomic E-state index is 13.5. The number of nitrogens with zero attached hydrogens (tertiary/aromatic N) is 1. The molecule has 0 atom stereocenters. The van der Waals surface area contributed by atoms with Gasteiger partial charge in [-0.1, -0.05) is 31.5 Å². The summed E-state index contributed by atoms with van der Waals surface area (Å²) in [5, 5.41) is 9.33. The Morgan fingerprint density at radius 2 is 2.05 bits per heavy atom. The van der Waals surface area contributed by atoms with Gasteiger partial charge in [-0.3, -0.25) is 0 Å². The molecule has 112 valence electrons. The third-order valence-electron chi connectivity index (χ3n) is 3.15. The molecule has 0 radical (unpaired) electrons. The zero-order chi connectivity index (χ0) is 15.6. The van der Waals surface area contributed by atoms with Crippen LogP contribution in [0.15, 0.2) is 30.5 Å². The fourth-order valence-corrected chi connectivity index (χ4v) is 2.42. The van der Waals surface area contributed by atoms with Gasteiger partial charge in [-0.25, -0.2) is 9.18 Å². The van der Waals surface area contributed by atoms with Gasteiger partial charge in [0.2, 0.25) is 0 Å². The van der Waals surface area contributed by atoms with E-state index in [1.807, 2.05) is 6.20 Å². The summed E-state index contributed by atoms with van der Waals surface area (Å²) in [4.78, 5) is 11.3. The first kappa shape index (κ1) is 15.6. The lowest BCUT2D eigenvalue weighted by Gasteiger charge is -2.07. The average Bonchev–Trinajstić information content (AvgIpc) is 2.76. The number of hydrogen-bond donors (Lipinski definition) is 1. The van der Waals surface area contributed by atoms with E-state index in [1.54, 1.807) is 16.7 Å². The van der Waals surface area contributed by atoms with Crippen LogP contribution in [-0.4, -0.2) is 15.6 Å². The third kappa shape index (κ3) is 3.85.